The van der Waals surface area contributed by atoms with Gasteiger partial charge in [-0.05, 0) is 18.6 Å². The van der Waals surface area contributed by atoms with Gasteiger partial charge in [0.1, 0.15) is 0 Å². The zero-order valence-electron chi connectivity index (χ0n) is 7.29. The summed E-state index contributed by atoms with van der Waals surface area (Å²) in [4.78, 5) is 15.0. The molecule has 0 saturated heterocycles. The van der Waals surface area contributed by atoms with Gasteiger partial charge in [-0.1, -0.05) is 6.07 Å². The molecular weight excluding hydrogens is 152 g/mol. The molecule has 0 aromatic carbocycles. The van der Waals surface area contributed by atoms with E-state index in [-0.39, 0.29) is 5.91 Å². The van der Waals surface area contributed by atoms with E-state index in [4.69, 9.17) is 0 Å². The second-order valence-electron chi connectivity index (χ2n) is 2.68. The molecule has 0 aliphatic carbocycles. The number of pyridine rings is 1. The number of hydrogen-bond donors (Lipinski definition) is 1. The largest absolute Gasteiger partial charge is 0.359 e. The average molecular weight is 164 g/mol. The van der Waals surface area contributed by atoms with Crippen LogP contribution in [-0.4, -0.2) is 17.9 Å². The maximum Gasteiger partial charge on any atom is 0.225 e. The van der Waals surface area contributed by atoms with Crippen molar-refractivity contribution in [1.82, 2.24) is 10.3 Å². The number of carbonyl (C=O) groups excluding carboxylic acids is 1. The highest BCUT2D eigenvalue weighted by Gasteiger charge is 2.00. The molecule has 1 aromatic heterocycles. The van der Waals surface area contributed by atoms with Gasteiger partial charge in [-0.15, -0.1) is 0 Å². The summed E-state index contributed by atoms with van der Waals surface area (Å²) in [5.41, 5.74) is 1.91. The minimum absolute atomic E-state index is 0.00801. The molecule has 1 aromatic rings. The van der Waals surface area contributed by atoms with E-state index in [2.05, 4.69) is 10.3 Å². The van der Waals surface area contributed by atoms with Crippen LogP contribution in [0.2, 0.25) is 0 Å². The molecule has 1 heterocycles. The molecule has 0 saturated carbocycles. The minimum atomic E-state index is -0.00801. The van der Waals surface area contributed by atoms with Crippen LogP contribution < -0.4 is 5.32 Å². The van der Waals surface area contributed by atoms with Crippen LogP contribution >= 0.6 is 0 Å². The van der Waals surface area contributed by atoms with Gasteiger partial charge >= 0.3 is 0 Å². The normalized spacial score (nSPS) is 9.50. The summed E-state index contributed by atoms with van der Waals surface area (Å²) in [6.45, 7) is 1.97. The molecule has 0 unspecified atom stereocenters. The molecule has 1 N–H and O–H groups in total. The van der Waals surface area contributed by atoms with Crippen LogP contribution in [0.5, 0.6) is 0 Å². The summed E-state index contributed by atoms with van der Waals surface area (Å²) in [5.74, 6) is -0.00801. The number of nitrogens with one attached hydrogen (secondary N) is 1. The van der Waals surface area contributed by atoms with Crippen molar-refractivity contribution in [3.05, 3.63) is 29.6 Å². The third-order valence-corrected chi connectivity index (χ3v) is 1.59. The molecule has 1 rings (SSSR count). The van der Waals surface area contributed by atoms with Crippen LogP contribution in [0.1, 0.15) is 11.3 Å². The fourth-order valence-electron chi connectivity index (χ4n) is 0.856. The average Bonchev–Trinajstić information content (AvgIpc) is 2.09. The van der Waals surface area contributed by atoms with Crippen LogP contribution in [0.3, 0.4) is 0 Å². The second kappa shape index (κ2) is 3.85. The molecule has 0 aliphatic heterocycles. The Morgan fingerprint density at radius 3 is 2.83 bits per heavy atom. The zero-order chi connectivity index (χ0) is 8.97. The Bertz CT molecular complexity index is 266. The van der Waals surface area contributed by atoms with Crippen LogP contribution in [0.25, 0.3) is 0 Å². The van der Waals surface area contributed by atoms with E-state index in [0.717, 1.165) is 11.3 Å². The van der Waals surface area contributed by atoms with Crippen molar-refractivity contribution >= 4 is 5.91 Å². The monoisotopic (exact) mass is 164 g/mol. The third-order valence-electron chi connectivity index (χ3n) is 1.59. The first kappa shape index (κ1) is 8.71. The summed E-state index contributed by atoms with van der Waals surface area (Å²) < 4.78 is 0. The van der Waals surface area contributed by atoms with Crippen LogP contribution in [-0.2, 0) is 11.2 Å². The lowest BCUT2D eigenvalue weighted by Gasteiger charge is -1.99. The van der Waals surface area contributed by atoms with E-state index in [1.165, 1.54) is 0 Å². The molecule has 0 radical (unpaired) electrons. The highest BCUT2D eigenvalue weighted by molar-refractivity contribution is 5.77. The summed E-state index contributed by atoms with van der Waals surface area (Å²) in [7, 11) is 1.62. The van der Waals surface area contributed by atoms with Crippen molar-refractivity contribution in [3.63, 3.8) is 0 Å². The first-order valence-electron chi connectivity index (χ1n) is 3.84. The number of aromatic nitrogens is 1. The molecule has 64 valence electrons. The Morgan fingerprint density at radius 1 is 1.58 bits per heavy atom. The predicted octanol–water partition coefficient (Wildman–Crippen LogP) is 0.679. The lowest BCUT2D eigenvalue weighted by molar-refractivity contribution is -0.120. The van der Waals surface area contributed by atoms with Gasteiger partial charge in [0.25, 0.3) is 0 Å². The molecular formula is C9H12N2O. The number of likely N-dealkylation sites (N-methyl/N-ethyl adjacent to an activating group) is 1. The second-order valence-corrected chi connectivity index (χ2v) is 2.68. The van der Waals surface area contributed by atoms with Crippen molar-refractivity contribution < 1.29 is 4.79 Å². The molecule has 0 bridgehead atoms. The maximum absolute atomic E-state index is 10.9. The summed E-state index contributed by atoms with van der Waals surface area (Å²) in [5, 5.41) is 2.55. The Labute approximate surface area is 71.8 Å². The summed E-state index contributed by atoms with van der Waals surface area (Å²) in [6.07, 6.45) is 2.12. The smallest absolute Gasteiger partial charge is 0.225 e. The molecule has 3 nitrogen and oxygen atoms in total. The van der Waals surface area contributed by atoms with Gasteiger partial charge in [0, 0.05) is 18.9 Å². The Kier molecular flexibility index (Phi) is 2.80. The minimum Gasteiger partial charge on any atom is -0.359 e. The molecule has 3 heteroatoms. The van der Waals surface area contributed by atoms with Gasteiger partial charge in [0.2, 0.25) is 5.91 Å². The molecule has 12 heavy (non-hydrogen) atoms. The van der Waals surface area contributed by atoms with Crippen molar-refractivity contribution in [2.45, 2.75) is 13.3 Å². The van der Waals surface area contributed by atoms with Crippen molar-refractivity contribution in [2.24, 2.45) is 0 Å². The van der Waals surface area contributed by atoms with Crippen molar-refractivity contribution in [3.8, 4) is 0 Å². The Morgan fingerprint density at radius 2 is 2.33 bits per heavy atom. The topological polar surface area (TPSA) is 42.0 Å². The van der Waals surface area contributed by atoms with Gasteiger partial charge in [-0.2, -0.15) is 0 Å². The highest BCUT2D eigenvalue weighted by Crippen LogP contribution is 1.98. The van der Waals surface area contributed by atoms with Crippen LogP contribution in [0, 0.1) is 6.92 Å². The van der Waals surface area contributed by atoms with E-state index in [0.29, 0.717) is 6.42 Å². The van der Waals surface area contributed by atoms with Gasteiger partial charge in [-0.3, -0.25) is 9.78 Å². The Hall–Kier alpha value is -1.38. The standard InChI is InChI=1S/C9H12N2O/c1-7-3-4-8(11-6-7)5-9(12)10-2/h3-4,6H,5H2,1-2H3,(H,10,12). The first-order valence-corrected chi connectivity index (χ1v) is 3.84. The lowest BCUT2D eigenvalue weighted by atomic mass is 10.2. The van der Waals surface area contributed by atoms with Gasteiger partial charge in [0.15, 0.2) is 0 Å². The molecule has 1 amide bonds. The molecule has 0 atom stereocenters. The van der Waals surface area contributed by atoms with Crippen molar-refractivity contribution in [2.75, 3.05) is 7.05 Å². The summed E-state index contributed by atoms with van der Waals surface area (Å²) >= 11 is 0. The van der Waals surface area contributed by atoms with Crippen LogP contribution in [0.15, 0.2) is 18.3 Å². The van der Waals surface area contributed by atoms with E-state index in [1.54, 1.807) is 13.2 Å². The van der Waals surface area contributed by atoms with E-state index in [1.807, 2.05) is 19.1 Å². The quantitative estimate of drug-likeness (QED) is 0.698. The SMILES string of the molecule is CNC(=O)Cc1ccc(C)cn1. The van der Waals surface area contributed by atoms with Gasteiger partial charge in [0.05, 0.1) is 6.42 Å². The predicted molar refractivity (Wildman–Crippen MR) is 46.7 cm³/mol. The fraction of sp³-hybridized carbons (Fsp3) is 0.333. The molecule has 0 fully saturated rings. The van der Waals surface area contributed by atoms with E-state index < -0.39 is 0 Å². The number of carbonyl (C=O) groups is 1. The van der Waals surface area contributed by atoms with Crippen molar-refractivity contribution in [1.29, 1.82) is 0 Å². The number of amides is 1. The van der Waals surface area contributed by atoms with E-state index in [9.17, 15) is 4.79 Å². The van der Waals surface area contributed by atoms with Gasteiger partial charge in [-0.25, -0.2) is 0 Å². The highest BCUT2D eigenvalue weighted by atomic mass is 16.1. The van der Waals surface area contributed by atoms with Gasteiger partial charge < -0.3 is 5.32 Å². The fourth-order valence-corrected chi connectivity index (χ4v) is 0.856. The van der Waals surface area contributed by atoms with Crippen LogP contribution in [0.4, 0.5) is 0 Å². The maximum atomic E-state index is 10.9. The lowest BCUT2D eigenvalue weighted by Crippen LogP contribution is -2.20. The number of aryl methyl sites for hydroxylation is 1. The Balaban J connectivity index is 2.64. The number of nitrogens with zero attached hydrogens (tertiary/aromatic N) is 1. The van der Waals surface area contributed by atoms with E-state index >= 15 is 0 Å². The molecule has 0 aliphatic rings. The third kappa shape index (κ3) is 2.34. The zero-order valence-corrected chi connectivity index (χ0v) is 7.29. The number of rotatable bonds is 2. The number of hydrogen-bond acceptors (Lipinski definition) is 2. The molecule has 0 spiro atoms. The first-order chi connectivity index (χ1) is 5.72. The summed E-state index contributed by atoms with van der Waals surface area (Å²) in [6, 6.07) is 3.82.